The first-order chi connectivity index (χ1) is 8.39. The molecule has 1 N–H and O–H groups in total. The lowest BCUT2D eigenvalue weighted by atomic mass is 10.2. The summed E-state index contributed by atoms with van der Waals surface area (Å²) in [5, 5.41) is 2.83. The summed E-state index contributed by atoms with van der Waals surface area (Å²) in [4.78, 5) is 11.1. The van der Waals surface area contributed by atoms with Crippen molar-refractivity contribution in [3.63, 3.8) is 0 Å². The van der Waals surface area contributed by atoms with Crippen LogP contribution in [0.2, 0.25) is 0 Å². The van der Waals surface area contributed by atoms with Crippen molar-refractivity contribution < 1.29 is 13.9 Å². The lowest BCUT2D eigenvalue weighted by Crippen LogP contribution is -2.33. The maximum absolute atomic E-state index is 12.1. The Balaban J connectivity index is -0.000000506. The quantitative estimate of drug-likeness (QED) is 0.755. The van der Waals surface area contributed by atoms with Gasteiger partial charge in [-0.15, -0.1) is 0 Å². The summed E-state index contributed by atoms with van der Waals surface area (Å²) in [5.74, 6) is 0. The molecule has 0 aliphatic carbocycles. The molecule has 0 aliphatic rings. The number of alkyl carbamates (subject to hydrolysis) is 1. The summed E-state index contributed by atoms with van der Waals surface area (Å²) in [5.41, 5.74) is -0.0752. The van der Waals surface area contributed by atoms with E-state index in [1.807, 2.05) is 27.7 Å². The van der Waals surface area contributed by atoms with Crippen LogP contribution in [0.1, 0.15) is 48.5 Å². The molecule has 3 nitrogen and oxygen atoms in total. The van der Waals surface area contributed by atoms with E-state index < -0.39 is 11.7 Å². The van der Waals surface area contributed by atoms with Gasteiger partial charge in [0.2, 0.25) is 0 Å². The number of halogens is 2. The van der Waals surface area contributed by atoms with Gasteiger partial charge in [0.1, 0.15) is 5.60 Å². The van der Waals surface area contributed by atoms with Crippen molar-refractivity contribution in [2.75, 3.05) is 11.9 Å². The molecular weight excluding hydrogens is 301 g/mol. The Labute approximate surface area is 119 Å². The molecule has 18 heavy (non-hydrogen) atoms. The van der Waals surface area contributed by atoms with Crippen molar-refractivity contribution in [1.82, 2.24) is 5.32 Å². The summed E-state index contributed by atoms with van der Waals surface area (Å²) < 4.78 is 17.0. The highest BCUT2D eigenvalue weighted by molar-refractivity contribution is 9.09. The summed E-state index contributed by atoms with van der Waals surface area (Å²) in [6.45, 7) is 13.4. The van der Waals surface area contributed by atoms with E-state index in [9.17, 15) is 9.18 Å². The molecule has 0 aliphatic heterocycles. The fourth-order valence-corrected chi connectivity index (χ4v) is 0.935. The molecule has 0 rings (SSSR count). The van der Waals surface area contributed by atoms with Gasteiger partial charge in [0.25, 0.3) is 0 Å². The molecule has 0 aromatic rings. The third kappa shape index (κ3) is 17.8. The second-order valence-electron chi connectivity index (χ2n) is 3.76. The van der Waals surface area contributed by atoms with Gasteiger partial charge in [0, 0.05) is 11.9 Å². The van der Waals surface area contributed by atoms with Crippen LogP contribution in [0.4, 0.5) is 9.18 Å². The van der Waals surface area contributed by atoms with Crippen LogP contribution in [0, 0.1) is 0 Å². The first kappa shape index (κ1) is 22.6. The SMILES string of the molecule is CC.CC.CC(C)(C)OC(=O)NC/C(=C\F)CBr. The molecule has 0 heterocycles. The second-order valence-corrected chi connectivity index (χ2v) is 4.32. The fraction of sp³-hybridized carbons (Fsp3) is 0.769. The minimum absolute atomic E-state index is 0.149. The number of carbonyl (C=O) groups is 1. The Hall–Kier alpha value is -0.580. The van der Waals surface area contributed by atoms with Crippen LogP contribution >= 0.6 is 15.9 Å². The summed E-state index contributed by atoms with van der Waals surface area (Å²) in [7, 11) is 0. The van der Waals surface area contributed by atoms with Crippen molar-refractivity contribution in [2.45, 2.75) is 54.1 Å². The molecule has 0 fully saturated rings. The Morgan fingerprint density at radius 1 is 1.28 bits per heavy atom. The van der Waals surface area contributed by atoms with Gasteiger partial charge in [-0.2, -0.15) is 0 Å². The number of rotatable bonds is 3. The van der Waals surface area contributed by atoms with E-state index >= 15 is 0 Å². The zero-order valence-electron chi connectivity index (χ0n) is 12.6. The molecule has 0 atom stereocenters. The fourth-order valence-electron chi connectivity index (χ4n) is 0.615. The van der Waals surface area contributed by atoms with Crippen molar-refractivity contribution in [3.8, 4) is 0 Å². The average Bonchev–Trinajstić information content (AvgIpc) is 2.33. The van der Waals surface area contributed by atoms with Crippen LogP contribution in [0.25, 0.3) is 0 Å². The zero-order chi connectivity index (χ0) is 15.2. The van der Waals surface area contributed by atoms with Gasteiger partial charge in [-0.05, 0) is 26.3 Å². The molecule has 0 spiro atoms. The van der Waals surface area contributed by atoms with Crippen LogP contribution in [0.3, 0.4) is 0 Å². The topological polar surface area (TPSA) is 38.3 Å². The minimum atomic E-state index is -0.544. The monoisotopic (exact) mass is 327 g/mol. The first-order valence-corrected chi connectivity index (χ1v) is 7.32. The van der Waals surface area contributed by atoms with E-state index in [2.05, 4.69) is 21.2 Å². The van der Waals surface area contributed by atoms with Crippen molar-refractivity contribution in [2.24, 2.45) is 0 Å². The van der Waals surface area contributed by atoms with Crippen LogP contribution < -0.4 is 5.32 Å². The third-order valence-electron chi connectivity index (χ3n) is 1.18. The number of ether oxygens (including phenoxy) is 1. The Morgan fingerprint density at radius 2 is 1.72 bits per heavy atom. The molecule has 1 amide bonds. The highest BCUT2D eigenvalue weighted by Crippen LogP contribution is 2.06. The van der Waals surface area contributed by atoms with E-state index in [1.165, 1.54) is 0 Å². The van der Waals surface area contributed by atoms with Gasteiger partial charge >= 0.3 is 6.09 Å². The Bertz CT molecular complexity index is 226. The highest BCUT2D eigenvalue weighted by Gasteiger charge is 2.15. The van der Waals surface area contributed by atoms with Gasteiger partial charge in [0.15, 0.2) is 0 Å². The average molecular weight is 328 g/mol. The number of nitrogens with one attached hydrogen (secondary N) is 1. The maximum Gasteiger partial charge on any atom is 0.407 e. The number of hydrogen-bond acceptors (Lipinski definition) is 2. The van der Waals surface area contributed by atoms with Crippen LogP contribution in [-0.2, 0) is 4.74 Å². The third-order valence-corrected chi connectivity index (χ3v) is 1.90. The zero-order valence-corrected chi connectivity index (χ0v) is 14.1. The van der Waals surface area contributed by atoms with E-state index in [0.717, 1.165) is 0 Å². The normalized spacial score (nSPS) is 10.4. The summed E-state index contributed by atoms with van der Waals surface area (Å²) in [6.07, 6.45) is -0.0793. The van der Waals surface area contributed by atoms with Gasteiger partial charge in [0.05, 0.1) is 6.33 Å². The highest BCUT2D eigenvalue weighted by atomic mass is 79.9. The molecule has 0 aromatic heterocycles. The first-order valence-electron chi connectivity index (χ1n) is 6.20. The van der Waals surface area contributed by atoms with Crippen molar-refractivity contribution in [1.29, 1.82) is 0 Å². The van der Waals surface area contributed by atoms with Gasteiger partial charge in [-0.25, -0.2) is 9.18 Å². The predicted molar refractivity (Wildman–Crippen MR) is 79.9 cm³/mol. The van der Waals surface area contributed by atoms with E-state index in [1.54, 1.807) is 20.8 Å². The number of amides is 1. The molecule has 5 heteroatoms. The van der Waals surface area contributed by atoms with Gasteiger partial charge < -0.3 is 10.1 Å². The Morgan fingerprint density at radius 3 is 2.00 bits per heavy atom. The van der Waals surface area contributed by atoms with Crippen LogP contribution in [0.15, 0.2) is 11.9 Å². The second kappa shape index (κ2) is 14.5. The summed E-state index contributed by atoms with van der Waals surface area (Å²) in [6, 6.07) is 0. The van der Waals surface area contributed by atoms with E-state index in [4.69, 9.17) is 4.74 Å². The molecule has 110 valence electrons. The number of alkyl halides is 1. The maximum atomic E-state index is 12.1. The Kier molecular flexibility index (Phi) is 18.2. The standard InChI is InChI=1S/C9H15BrFNO2.2C2H6/c1-9(2,3)14-8(13)12-6-7(4-10)5-11;2*1-2/h5H,4,6H2,1-3H3,(H,12,13);2*1-2H3/b7-5-;;. The van der Waals surface area contributed by atoms with Crippen LogP contribution in [-0.4, -0.2) is 23.6 Å². The van der Waals surface area contributed by atoms with E-state index in [0.29, 0.717) is 17.2 Å². The molecule has 0 unspecified atom stereocenters. The molecule has 0 aromatic carbocycles. The van der Waals surface area contributed by atoms with Crippen molar-refractivity contribution in [3.05, 3.63) is 11.9 Å². The molecule has 0 saturated heterocycles. The van der Waals surface area contributed by atoms with Gasteiger partial charge in [-0.1, -0.05) is 43.6 Å². The van der Waals surface area contributed by atoms with Crippen molar-refractivity contribution >= 4 is 22.0 Å². The molecule has 0 radical (unpaired) electrons. The summed E-state index contributed by atoms with van der Waals surface area (Å²) >= 11 is 3.09. The lowest BCUT2D eigenvalue weighted by molar-refractivity contribution is 0.0532. The molecule has 0 bridgehead atoms. The number of carbonyl (C=O) groups excluding carboxylic acids is 1. The smallest absolute Gasteiger partial charge is 0.407 e. The lowest BCUT2D eigenvalue weighted by Gasteiger charge is -2.19. The predicted octanol–water partition coefficient (Wildman–Crippen LogP) is 4.81. The van der Waals surface area contributed by atoms with Crippen LogP contribution in [0.5, 0.6) is 0 Å². The minimum Gasteiger partial charge on any atom is -0.444 e. The number of hydrogen-bond donors (Lipinski definition) is 1. The largest absolute Gasteiger partial charge is 0.444 e. The van der Waals surface area contributed by atoms with E-state index in [-0.39, 0.29) is 6.54 Å². The molecule has 0 saturated carbocycles. The van der Waals surface area contributed by atoms with Gasteiger partial charge in [-0.3, -0.25) is 0 Å². The molecular formula is C13H27BrFNO2.